The number of aromatic nitrogens is 8. The molecule has 0 unspecified atom stereocenters. The highest BCUT2D eigenvalue weighted by Crippen LogP contribution is 2.43. The topological polar surface area (TPSA) is 123 Å². The van der Waals surface area contributed by atoms with Gasteiger partial charge >= 0.3 is 18.1 Å². The SMILES string of the molecule is O=C(c1nnc(-c2ccn(C(F)(F)F)n2)o1)N1CCc2[nH]cnc2[C@H]1c1cc2c(C3CC3)cccn2n1. The Labute approximate surface area is 205 Å². The summed E-state index contributed by atoms with van der Waals surface area (Å²) in [4.78, 5) is 22.7. The molecule has 0 spiro atoms. The second kappa shape index (κ2) is 7.75. The van der Waals surface area contributed by atoms with Gasteiger partial charge < -0.3 is 14.3 Å². The normalized spacial score (nSPS) is 17.9. The van der Waals surface area contributed by atoms with Gasteiger partial charge in [0.25, 0.3) is 5.89 Å². The van der Waals surface area contributed by atoms with Crippen LogP contribution >= 0.6 is 0 Å². The van der Waals surface area contributed by atoms with Crippen molar-refractivity contribution in [2.24, 2.45) is 0 Å². The van der Waals surface area contributed by atoms with Crippen LogP contribution in [-0.4, -0.2) is 56.9 Å². The fourth-order valence-corrected chi connectivity index (χ4v) is 4.84. The molecule has 1 aliphatic carbocycles. The smallest absolute Gasteiger partial charge is 0.411 e. The summed E-state index contributed by atoms with van der Waals surface area (Å²) in [6.07, 6.45) is 2.30. The van der Waals surface area contributed by atoms with Crippen molar-refractivity contribution in [1.29, 1.82) is 0 Å². The number of carbonyl (C=O) groups is 1. The van der Waals surface area contributed by atoms with Crippen molar-refractivity contribution in [3.8, 4) is 11.6 Å². The van der Waals surface area contributed by atoms with E-state index in [0.29, 0.717) is 30.3 Å². The molecule has 0 aromatic carbocycles. The van der Waals surface area contributed by atoms with Crippen LogP contribution in [0, 0.1) is 0 Å². The van der Waals surface area contributed by atoms with Crippen molar-refractivity contribution >= 4 is 11.4 Å². The average molecular weight is 509 g/mol. The van der Waals surface area contributed by atoms with Gasteiger partial charge in [0.1, 0.15) is 11.7 Å². The highest BCUT2D eigenvalue weighted by molar-refractivity contribution is 5.90. The van der Waals surface area contributed by atoms with E-state index < -0.39 is 18.2 Å². The molecule has 0 radical (unpaired) electrons. The number of H-pyrrole nitrogens is 1. The van der Waals surface area contributed by atoms with Gasteiger partial charge in [0.05, 0.1) is 23.2 Å². The first-order chi connectivity index (χ1) is 17.9. The zero-order valence-corrected chi connectivity index (χ0v) is 19.1. The highest BCUT2D eigenvalue weighted by Gasteiger charge is 2.39. The van der Waals surface area contributed by atoms with Gasteiger partial charge in [0.2, 0.25) is 0 Å². The van der Waals surface area contributed by atoms with Crippen LogP contribution in [0.2, 0.25) is 0 Å². The molecule has 6 heterocycles. The third-order valence-electron chi connectivity index (χ3n) is 6.71. The second-order valence-corrected chi connectivity index (χ2v) is 9.08. The summed E-state index contributed by atoms with van der Waals surface area (Å²) in [5.41, 5.74) is 4.21. The Balaban J connectivity index is 1.25. The summed E-state index contributed by atoms with van der Waals surface area (Å²) in [5, 5.41) is 15.8. The van der Waals surface area contributed by atoms with Crippen LogP contribution < -0.4 is 0 Å². The molecule has 0 bridgehead atoms. The van der Waals surface area contributed by atoms with Crippen molar-refractivity contribution in [3.05, 3.63) is 71.5 Å². The van der Waals surface area contributed by atoms with Crippen LogP contribution in [0.5, 0.6) is 0 Å². The summed E-state index contributed by atoms with van der Waals surface area (Å²) in [5.74, 6) is -0.715. The van der Waals surface area contributed by atoms with Crippen LogP contribution in [0.25, 0.3) is 17.1 Å². The maximum Gasteiger partial charge on any atom is 0.504 e. The van der Waals surface area contributed by atoms with Gasteiger partial charge in [-0.05, 0) is 42.5 Å². The Morgan fingerprint density at radius 1 is 1.14 bits per heavy atom. The maximum atomic E-state index is 13.6. The Hall–Kier alpha value is -4.49. The van der Waals surface area contributed by atoms with Gasteiger partial charge in [-0.1, -0.05) is 6.07 Å². The molecule has 5 aromatic heterocycles. The predicted octanol–water partition coefficient (Wildman–Crippen LogP) is 3.45. The first-order valence-corrected chi connectivity index (χ1v) is 11.6. The second-order valence-electron chi connectivity index (χ2n) is 9.08. The van der Waals surface area contributed by atoms with E-state index in [1.807, 2.05) is 22.8 Å². The lowest BCUT2D eigenvalue weighted by molar-refractivity contribution is -0.212. The lowest BCUT2D eigenvalue weighted by Crippen LogP contribution is -2.41. The Morgan fingerprint density at radius 3 is 2.78 bits per heavy atom. The maximum absolute atomic E-state index is 13.6. The molecule has 1 saturated carbocycles. The molecule has 1 aliphatic heterocycles. The summed E-state index contributed by atoms with van der Waals surface area (Å²) < 4.78 is 45.8. The number of hydrogen-bond donors (Lipinski definition) is 1. The summed E-state index contributed by atoms with van der Waals surface area (Å²) in [6, 6.07) is 6.51. The van der Waals surface area contributed by atoms with Gasteiger partial charge in [-0.3, -0.25) is 4.79 Å². The molecule has 1 N–H and O–H groups in total. The molecule has 5 aromatic rings. The summed E-state index contributed by atoms with van der Waals surface area (Å²) in [7, 11) is 0. The number of amides is 1. The van der Waals surface area contributed by atoms with Crippen molar-refractivity contribution in [2.75, 3.05) is 6.54 Å². The molecule has 14 heteroatoms. The molecule has 11 nitrogen and oxygen atoms in total. The minimum Gasteiger partial charge on any atom is -0.411 e. The number of alkyl halides is 3. The minimum atomic E-state index is -4.69. The van der Waals surface area contributed by atoms with Crippen molar-refractivity contribution < 1.29 is 22.4 Å². The predicted molar refractivity (Wildman–Crippen MR) is 119 cm³/mol. The number of fused-ring (bicyclic) bond motifs is 2. The standard InChI is InChI=1S/C23H18F3N9O2/c24-23(25,26)35-9-6-15(32-35)20-29-30-21(37-20)22(36)33-8-5-14-18(28-11-27-14)19(33)16-10-17-13(12-3-4-12)2-1-7-34(17)31-16/h1-2,6-7,9-12,19H,3-5,8H2,(H,27,28)/t19-/m1/s1. The Morgan fingerprint density at radius 2 is 2.00 bits per heavy atom. The number of rotatable bonds is 4. The number of aromatic amines is 1. The van der Waals surface area contributed by atoms with Gasteiger partial charge in [-0.15, -0.1) is 23.4 Å². The van der Waals surface area contributed by atoms with Crippen molar-refractivity contribution in [3.63, 3.8) is 0 Å². The summed E-state index contributed by atoms with van der Waals surface area (Å²) in [6.45, 7) is 0.322. The molecule has 37 heavy (non-hydrogen) atoms. The zero-order valence-electron chi connectivity index (χ0n) is 19.1. The number of nitrogens with zero attached hydrogens (tertiary/aromatic N) is 8. The van der Waals surface area contributed by atoms with E-state index in [9.17, 15) is 18.0 Å². The van der Waals surface area contributed by atoms with E-state index >= 15 is 0 Å². The fraction of sp³-hybridized carbons (Fsp3) is 0.304. The monoisotopic (exact) mass is 509 g/mol. The van der Waals surface area contributed by atoms with Crippen molar-refractivity contribution in [1.82, 2.24) is 44.5 Å². The van der Waals surface area contributed by atoms with E-state index in [2.05, 4.69) is 31.3 Å². The Kier molecular flexibility index (Phi) is 4.56. The lowest BCUT2D eigenvalue weighted by atomic mass is 9.99. The Bertz CT molecular complexity index is 1640. The number of halogens is 3. The molecule has 1 atom stereocenters. The van der Waals surface area contributed by atoms with E-state index in [1.165, 1.54) is 5.56 Å². The number of hydrogen-bond acceptors (Lipinski definition) is 7. The molecule has 1 amide bonds. The minimum absolute atomic E-state index is 0.174. The number of imidazole rings is 1. The largest absolute Gasteiger partial charge is 0.504 e. The van der Waals surface area contributed by atoms with E-state index in [1.54, 1.807) is 11.2 Å². The first-order valence-electron chi connectivity index (χ1n) is 11.6. The fourth-order valence-electron chi connectivity index (χ4n) is 4.84. The third kappa shape index (κ3) is 3.58. The average Bonchev–Trinajstić information content (AvgIpc) is 3.33. The molecule has 7 rings (SSSR count). The summed E-state index contributed by atoms with van der Waals surface area (Å²) >= 11 is 0. The van der Waals surface area contributed by atoms with Crippen molar-refractivity contribution in [2.45, 2.75) is 37.5 Å². The number of nitrogens with one attached hydrogen (secondary N) is 1. The first kappa shape index (κ1) is 21.8. The van der Waals surface area contributed by atoms with Gasteiger partial charge in [0.15, 0.2) is 0 Å². The lowest BCUT2D eigenvalue weighted by Gasteiger charge is -2.32. The quantitative estimate of drug-likeness (QED) is 0.394. The van der Waals surface area contributed by atoms with Crippen LogP contribution in [0.3, 0.4) is 0 Å². The zero-order chi connectivity index (χ0) is 25.3. The van der Waals surface area contributed by atoms with Gasteiger partial charge in [0, 0.05) is 31.1 Å². The molecular weight excluding hydrogens is 491 g/mol. The molecule has 1 fully saturated rings. The van der Waals surface area contributed by atoms with Crippen LogP contribution in [0.1, 0.15) is 58.1 Å². The van der Waals surface area contributed by atoms with Gasteiger partial charge in [-0.25, -0.2) is 9.50 Å². The van der Waals surface area contributed by atoms with E-state index in [4.69, 9.17) is 9.52 Å². The number of carbonyl (C=O) groups excluding carboxylic acids is 1. The molecule has 0 saturated heterocycles. The van der Waals surface area contributed by atoms with Crippen LogP contribution in [0.15, 0.2) is 47.4 Å². The highest BCUT2D eigenvalue weighted by atomic mass is 19.4. The van der Waals surface area contributed by atoms with E-state index in [-0.39, 0.29) is 22.2 Å². The third-order valence-corrected chi connectivity index (χ3v) is 6.71. The van der Waals surface area contributed by atoms with Gasteiger partial charge in [-0.2, -0.15) is 14.9 Å². The molecule has 2 aliphatic rings. The van der Waals surface area contributed by atoms with E-state index in [0.717, 1.165) is 36.3 Å². The molecular formula is C23H18F3N9O2. The number of pyridine rings is 1. The van der Waals surface area contributed by atoms with Crippen LogP contribution in [0.4, 0.5) is 13.2 Å². The molecule has 188 valence electrons. The van der Waals surface area contributed by atoms with Crippen LogP contribution in [-0.2, 0) is 12.7 Å².